The van der Waals surface area contributed by atoms with Crippen LogP contribution in [0.3, 0.4) is 0 Å². The molecular formula is C20H30N4O2. The van der Waals surface area contributed by atoms with Gasteiger partial charge in [0.2, 0.25) is 0 Å². The highest BCUT2D eigenvalue weighted by Gasteiger charge is 2.08. The lowest BCUT2D eigenvalue weighted by atomic mass is 10.1. The number of rotatable bonds is 10. The minimum absolute atomic E-state index is 0.291. The van der Waals surface area contributed by atoms with Crippen LogP contribution in [0, 0.1) is 0 Å². The van der Waals surface area contributed by atoms with Crippen molar-refractivity contribution in [2.45, 2.75) is 66.2 Å². The van der Waals surface area contributed by atoms with E-state index >= 15 is 0 Å². The van der Waals surface area contributed by atoms with Crippen molar-refractivity contribution >= 4 is 23.2 Å². The second-order valence-corrected chi connectivity index (χ2v) is 6.36. The Morgan fingerprint density at radius 1 is 0.769 bits per heavy atom. The SMILES string of the molecule is CCCCC(C)=NNC(=O)c1ccc(C(=O)NN=C(C)CCCC)cc1. The van der Waals surface area contributed by atoms with Gasteiger partial charge in [0.1, 0.15) is 0 Å². The van der Waals surface area contributed by atoms with E-state index in [-0.39, 0.29) is 11.8 Å². The molecule has 0 saturated carbocycles. The van der Waals surface area contributed by atoms with Gasteiger partial charge in [-0.3, -0.25) is 9.59 Å². The second kappa shape index (κ2) is 12.0. The van der Waals surface area contributed by atoms with Crippen LogP contribution >= 0.6 is 0 Å². The minimum atomic E-state index is -0.291. The van der Waals surface area contributed by atoms with Crippen molar-refractivity contribution in [3.63, 3.8) is 0 Å². The van der Waals surface area contributed by atoms with Crippen molar-refractivity contribution in [1.82, 2.24) is 10.9 Å². The third-order valence-electron chi connectivity index (χ3n) is 3.89. The summed E-state index contributed by atoms with van der Waals surface area (Å²) >= 11 is 0. The van der Waals surface area contributed by atoms with Crippen molar-refractivity contribution in [2.24, 2.45) is 10.2 Å². The van der Waals surface area contributed by atoms with Crippen LogP contribution in [-0.2, 0) is 0 Å². The van der Waals surface area contributed by atoms with Gasteiger partial charge in [-0.15, -0.1) is 0 Å². The van der Waals surface area contributed by atoms with E-state index in [1.54, 1.807) is 24.3 Å². The van der Waals surface area contributed by atoms with Crippen LogP contribution in [0.5, 0.6) is 0 Å². The van der Waals surface area contributed by atoms with Gasteiger partial charge in [-0.1, -0.05) is 26.7 Å². The lowest BCUT2D eigenvalue weighted by Gasteiger charge is -2.05. The molecule has 0 bridgehead atoms. The van der Waals surface area contributed by atoms with Crippen LogP contribution in [0.1, 0.15) is 86.9 Å². The highest BCUT2D eigenvalue weighted by molar-refractivity contribution is 5.98. The van der Waals surface area contributed by atoms with Crippen LogP contribution in [0.4, 0.5) is 0 Å². The monoisotopic (exact) mass is 358 g/mol. The number of hydrazone groups is 2. The smallest absolute Gasteiger partial charge is 0.267 e. The molecule has 0 aliphatic heterocycles. The molecular weight excluding hydrogens is 328 g/mol. The molecule has 26 heavy (non-hydrogen) atoms. The summed E-state index contributed by atoms with van der Waals surface area (Å²) in [7, 11) is 0. The summed E-state index contributed by atoms with van der Waals surface area (Å²) in [4.78, 5) is 24.2. The summed E-state index contributed by atoms with van der Waals surface area (Å²) < 4.78 is 0. The Hall–Kier alpha value is -2.50. The Labute approximate surface area is 156 Å². The molecule has 0 spiro atoms. The van der Waals surface area contributed by atoms with Gasteiger partial charge in [0.15, 0.2) is 0 Å². The van der Waals surface area contributed by atoms with E-state index in [0.717, 1.165) is 49.9 Å². The lowest BCUT2D eigenvalue weighted by molar-refractivity contribution is 0.0943. The molecule has 1 rings (SSSR count). The van der Waals surface area contributed by atoms with Gasteiger partial charge in [-0.05, 0) is 63.8 Å². The number of nitrogens with one attached hydrogen (secondary N) is 2. The number of carbonyl (C=O) groups excluding carboxylic acids is 2. The third-order valence-corrected chi connectivity index (χ3v) is 3.89. The van der Waals surface area contributed by atoms with Gasteiger partial charge in [0.25, 0.3) is 11.8 Å². The van der Waals surface area contributed by atoms with Crippen molar-refractivity contribution in [1.29, 1.82) is 0 Å². The first-order chi connectivity index (χ1) is 12.5. The molecule has 2 amide bonds. The number of benzene rings is 1. The fourth-order valence-corrected chi connectivity index (χ4v) is 2.17. The van der Waals surface area contributed by atoms with E-state index in [1.165, 1.54) is 0 Å². The quantitative estimate of drug-likeness (QED) is 0.483. The summed E-state index contributed by atoms with van der Waals surface area (Å²) in [6.45, 7) is 8.02. The largest absolute Gasteiger partial charge is 0.271 e. The normalized spacial score (nSPS) is 12.0. The summed E-state index contributed by atoms with van der Waals surface area (Å²) in [6, 6.07) is 6.42. The lowest BCUT2D eigenvalue weighted by Crippen LogP contribution is -2.21. The summed E-state index contributed by atoms with van der Waals surface area (Å²) in [5, 5.41) is 8.18. The van der Waals surface area contributed by atoms with E-state index in [1.807, 2.05) is 13.8 Å². The average Bonchev–Trinajstić information content (AvgIpc) is 2.66. The first-order valence-electron chi connectivity index (χ1n) is 9.25. The summed E-state index contributed by atoms with van der Waals surface area (Å²) in [5.41, 5.74) is 7.79. The predicted octanol–water partition coefficient (Wildman–Crippen LogP) is 4.28. The molecule has 2 N–H and O–H groups in total. The van der Waals surface area contributed by atoms with E-state index in [0.29, 0.717) is 11.1 Å². The van der Waals surface area contributed by atoms with Crippen LogP contribution in [-0.4, -0.2) is 23.2 Å². The fraction of sp³-hybridized carbons (Fsp3) is 0.500. The zero-order valence-corrected chi connectivity index (χ0v) is 16.3. The third kappa shape index (κ3) is 8.05. The predicted molar refractivity (Wildman–Crippen MR) is 107 cm³/mol. The number of hydrogen-bond donors (Lipinski definition) is 2. The van der Waals surface area contributed by atoms with E-state index in [4.69, 9.17) is 0 Å². The number of nitrogens with zero attached hydrogens (tertiary/aromatic N) is 2. The number of hydrogen-bond acceptors (Lipinski definition) is 4. The molecule has 6 heteroatoms. The molecule has 0 aliphatic carbocycles. The molecule has 0 aromatic heterocycles. The summed E-state index contributed by atoms with van der Waals surface area (Å²) in [6.07, 6.45) is 6.02. The maximum atomic E-state index is 12.1. The molecule has 1 aromatic carbocycles. The molecule has 0 heterocycles. The van der Waals surface area contributed by atoms with Crippen molar-refractivity contribution in [3.05, 3.63) is 35.4 Å². The number of unbranched alkanes of at least 4 members (excludes halogenated alkanes) is 2. The summed E-state index contributed by atoms with van der Waals surface area (Å²) in [5.74, 6) is -0.581. The highest BCUT2D eigenvalue weighted by Crippen LogP contribution is 2.05. The average molecular weight is 358 g/mol. The topological polar surface area (TPSA) is 82.9 Å². The second-order valence-electron chi connectivity index (χ2n) is 6.36. The Morgan fingerprint density at radius 3 is 1.42 bits per heavy atom. The zero-order valence-electron chi connectivity index (χ0n) is 16.3. The Balaban J connectivity index is 2.59. The van der Waals surface area contributed by atoms with E-state index in [2.05, 4.69) is 34.9 Å². The maximum absolute atomic E-state index is 12.1. The maximum Gasteiger partial charge on any atom is 0.271 e. The van der Waals surface area contributed by atoms with Crippen molar-refractivity contribution < 1.29 is 9.59 Å². The first kappa shape index (κ1) is 21.5. The van der Waals surface area contributed by atoms with Gasteiger partial charge >= 0.3 is 0 Å². The van der Waals surface area contributed by atoms with Crippen LogP contribution in [0.25, 0.3) is 0 Å². The minimum Gasteiger partial charge on any atom is -0.267 e. The van der Waals surface area contributed by atoms with Crippen LogP contribution < -0.4 is 10.9 Å². The van der Waals surface area contributed by atoms with Gasteiger partial charge in [0, 0.05) is 22.6 Å². The Bertz CT molecular complexity index is 591. The van der Waals surface area contributed by atoms with Gasteiger partial charge in [0.05, 0.1) is 0 Å². The van der Waals surface area contributed by atoms with E-state index < -0.39 is 0 Å². The number of carbonyl (C=O) groups is 2. The van der Waals surface area contributed by atoms with E-state index in [9.17, 15) is 9.59 Å². The fourth-order valence-electron chi connectivity index (χ4n) is 2.17. The zero-order chi connectivity index (χ0) is 19.4. The molecule has 6 nitrogen and oxygen atoms in total. The van der Waals surface area contributed by atoms with Gasteiger partial charge in [-0.25, -0.2) is 10.9 Å². The van der Waals surface area contributed by atoms with Crippen LogP contribution in [0.2, 0.25) is 0 Å². The molecule has 1 aromatic rings. The Morgan fingerprint density at radius 2 is 1.12 bits per heavy atom. The molecule has 142 valence electrons. The first-order valence-corrected chi connectivity index (χ1v) is 9.25. The molecule has 0 aliphatic rings. The standard InChI is InChI=1S/C20H30N4O2/c1-5-7-9-15(3)21-23-19(25)17-11-13-18(14-12-17)20(26)24-22-16(4)10-8-6-2/h11-14H,5-10H2,1-4H3,(H,23,25)(H,24,26). The highest BCUT2D eigenvalue weighted by atomic mass is 16.2. The van der Waals surface area contributed by atoms with Crippen molar-refractivity contribution in [3.8, 4) is 0 Å². The molecule has 0 radical (unpaired) electrons. The van der Waals surface area contributed by atoms with Gasteiger partial charge < -0.3 is 0 Å². The number of amides is 2. The Kier molecular flexibility index (Phi) is 9.90. The van der Waals surface area contributed by atoms with Crippen molar-refractivity contribution in [2.75, 3.05) is 0 Å². The van der Waals surface area contributed by atoms with Crippen LogP contribution in [0.15, 0.2) is 34.5 Å². The molecule has 0 unspecified atom stereocenters. The molecule has 0 atom stereocenters. The molecule has 0 saturated heterocycles. The molecule has 0 fully saturated rings. The van der Waals surface area contributed by atoms with Gasteiger partial charge in [-0.2, -0.15) is 10.2 Å².